The zero-order valence-corrected chi connectivity index (χ0v) is 14.0. The van der Waals surface area contributed by atoms with Crippen LogP contribution in [0.5, 0.6) is 0 Å². The normalized spacial score (nSPS) is 17.0. The third kappa shape index (κ3) is 3.66. The molecule has 0 spiro atoms. The van der Waals surface area contributed by atoms with Gasteiger partial charge in [0.1, 0.15) is 0 Å². The van der Waals surface area contributed by atoms with E-state index in [1.54, 1.807) is 11.3 Å². The molecule has 118 valence electrons. The molecule has 0 amide bonds. The number of piperazine rings is 1. The summed E-state index contributed by atoms with van der Waals surface area (Å²) in [5.41, 5.74) is 8.88. The molecule has 1 fully saturated rings. The van der Waals surface area contributed by atoms with Crippen molar-refractivity contribution in [2.24, 2.45) is 0 Å². The first-order valence-corrected chi connectivity index (χ1v) is 8.88. The van der Waals surface area contributed by atoms with E-state index < -0.39 is 0 Å². The number of benzene rings is 1. The number of para-hydroxylation sites is 1. The van der Waals surface area contributed by atoms with Crippen LogP contribution in [0.2, 0.25) is 0 Å². The van der Waals surface area contributed by atoms with E-state index in [0.717, 1.165) is 29.9 Å². The molecule has 22 heavy (non-hydrogen) atoms. The summed E-state index contributed by atoms with van der Waals surface area (Å²) in [7, 11) is 0. The third-order valence-corrected chi connectivity index (χ3v) is 5.25. The Morgan fingerprint density at radius 1 is 1.14 bits per heavy atom. The Morgan fingerprint density at radius 3 is 2.59 bits per heavy atom. The number of rotatable bonds is 5. The van der Waals surface area contributed by atoms with Crippen molar-refractivity contribution in [2.45, 2.75) is 13.3 Å². The Morgan fingerprint density at radius 2 is 1.86 bits per heavy atom. The van der Waals surface area contributed by atoms with Crippen molar-refractivity contribution < 1.29 is 0 Å². The van der Waals surface area contributed by atoms with Crippen molar-refractivity contribution in [1.29, 1.82) is 0 Å². The van der Waals surface area contributed by atoms with E-state index >= 15 is 0 Å². The molecule has 1 aliphatic rings. The second-order valence-corrected chi connectivity index (χ2v) is 6.68. The SMILES string of the molecule is CCN1CCN(CCc2nc(-c3ccccc3N)cs2)CC1. The van der Waals surface area contributed by atoms with Crippen LogP contribution in [0.1, 0.15) is 11.9 Å². The summed E-state index contributed by atoms with van der Waals surface area (Å²) in [6.07, 6.45) is 1.03. The summed E-state index contributed by atoms with van der Waals surface area (Å²) in [5, 5.41) is 3.33. The Bertz CT molecular complexity index is 602. The van der Waals surface area contributed by atoms with Crippen LogP contribution in [0.3, 0.4) is 0 Å². The molecule has 1 aliphatic heterocycles. The van der Waals surface area contributed by atoms with Crippen LogP contribution in [0.15, 0.2) is 29.6 Å². The molecule has 1 saturated heterocycles. The molecule has 0 aliphatic carbocycles. The van der Waals surface area contributed by atoms with Gasteiger partial charge in [-0.1, -0.05) is 25.1 Å². The highest BCUT2D eigenvalue weighted by atomic mass is 32.1. The largest absolute Gasteiger partial charge is 0.398 e. The maximum atomic E-state index is 6.03. The van der Waals surface area contributed by atoms with E-state index in [1.165, 1.54) is 37.7 Å². The van der Waals surface area contributed by atoms with Crippen LogP contribution < -0.4 is 5.73 Å². The number of likely N-dealkylation sites (N-methyl/N-ethyl adjacent to an activating group) is 1. The minimum absolute atomic E-state index is 0.801. The van der Waals surface area contributed by atoms with Gasteiger partial charge in [-0.3, -0.25) is 0 Å². The zero-order chi connectivity index (χ0) is 15.4. The summed E-state index contributed by atoms with van der Waals surface area (Å²) in [5.74, 6) is 0. The van der Waals surface area contributed by atoms with Gasteiger partial charge in [-0.25, -0.2) is 4.98 Å². The average Bonchev–Trinajstić information content (AvgIpc) is 3.02. The van der Waals surface area contributed by atoms with Crippen molar-refractivity contribution >= 4 is 17.0 Å². The van der Waals surface area contributed by atoms with Crippen LogP contribution in [0, 0.1) is 0 Å². The lowest BCUT2D eigenvalue weighted by atomic mass is 10.1. The number of nitrogens with two attached hydrogens (primary N) is 1. The summed E-state index contributed by atoms with van der Waals surface area (Å²) in [6.45, 7) is 9.26. The fraction of sp³-hybridized carbons (Fsp3) is 0.471. The maximum absolute atomic E-state index is 6.03. The minimum atomic E-state index is 0.801. The number of nitrogen functional groups attached to an aromatic ring is 1. The first-order valence-electron chi connectivity index (χ1n) is 8.00. The highest BCUT2D eigenvalue weighted by Crippen LogP contribution is 2.27. The number of nitrogens with zero attached hydrogens (tertiary/aromatic N) is 3. The molecule has 1 aromatic heterocycles. The lowest BCUT2D eigenvalue weighted by molar-refractivity contribution is 0.138. The number of hydrogen-bond donors (Lipinski definition) is 1. The molecular formula is C17H24N4S. The Kier molecular flexibility index (Phi) is 5.08. The smallest absolute Gasteiger partial charge is 0.0945 e. The Hall–Kier alpha value is -1.43. The van der Waals surface area contributed by atoms with Crippen molar-refractivity contribution in [3.63, 3.8) is 0 Å². The van der Waals surface area contributed by atoms with E-state index in [9.17, 15) is 0 Å². The van der Waals surface area contributed by atoms with Gasteiger partial charge in [-0.05, 0) is 12.6 Å². The monoisotopic (exact) mass is 316 g/mol. The molecule has 0 atom stereocenters. The highest BCUT2D eigenvalue weighted by Gasteiger charge is 2.15. The summed E-state index contributed by atoms with van der Waals surface area (Å²) in [6, 6.07) is 7.94. The number of thiazole rings is 1. The molecule has 0 saturated carbocycles. The first-order chi connectivity index (χ1) is 10.8. The molecule has 4 nitrogen and oxygen atoms in total. The van der Waals surface area contributed by atoms with Crippen LogP contribution in [0.25, 0.3) is 11.3 Å². The second-order valence-electron chi connectivity index (χ2n) is 5.74. The number of hydrogen-bond acceptors (Lipinski definition) is 5. The molecular weight excluding hydrogens is 292 g/mol. The number of aromatic nitrogens is 1. The zero-order valence-electron chi connectivity index (χ0n) is 13.2. The van der Waals surface area contributed by atoms with E-state index in [-0.39, 0.29) is 0 Å². The lowest BCUT2D eigenvalue weighted by Gasteiger charge is -2.33. The van der Waals surface area contributed by atoms with Gasteiger partial charge < -0.3 is 15.5 Å². The molecule has 0 bridgehead atoms. The first kappa shape index (κ1) is 15.5. The summed E-state index contributed by atoms with van der Waals surface area (Å²) >= 11 is 1.74. The maximum Gasteiger partial charge on any atom is 0.0945 e. The van der Waals surface area contributed by atoms with E-state index in [1.807, 2.05) is 24.3 Å². The van der Waals surface area contributed by atoms with Gasteiger partial charge in [-0.2, -0.15) is 0 Å². The van der Waals surface area contributed by atoms with Crippen molar-refractivity contribution in [3.8, 4) is 11.3 Å². The van der Waals surface area contributed by atoms with E-state index in [0.29, 0.717) is 0 Å². The van der Waals surface area contributed by atoms with Gasteiger partial charge >= 0.3 is 0 Å². The lowest BCUT2D eigenvalue weighted by Crippen LogP contribution is -2.46. The van der Waals surface area contributed by atoms with Gasteiger partial charge in [0, 0.05) is 55.8 Å². The van der Waals surface area contributed by atoms with Gasteiger partial charge in [0.05, 0.1) is 10.7 Å². The Balaban J connectivity index is 1.55. The van der Waals surface area contributed by atoms with Crippen LogP contribution in [0.4, 0.5) is 5.69 Å². The average molecular weight is 316 g/mol. The number of anilines is 1. The predicted molar refractivity (Wildman–Crippen MR) is 94.2 cm³/mol. The second kappa shape index (κ2) is 7.22. The molecule has 2 N–H and O–H groups in total. The fourth-order valence-corrected chi connectivity index (χ4v) is 3.65. The summed E-state index contributed by atoms with van der Waals surface area (Å²) < 4.78 is 0. The molecule has 2 heterocycles. The van der Waals surface area contributed by atoms with Crippen molar-refractivity contribution in [1.82, 2.24) is 14.8 Å². The molecule has 3 rings (SSSR count). The molecule has 1 aromatic carbocycles. The van der Waals surface area contributed by atoms with E-state index in [2.05, 4.69) is 22.1 Å². The van der Waals surface area contributed by atoms with E-state index in [4.69, 9.17) is 10.7 Å². The Labute approximate surface area is 136 Å². The van der Waals surface area contributed by atoms with Gasteiger partial charge in [0.25, 0.3) is 0 Å². The molecule has 0 radical (unpaired) electrons. The van der Waals surface area contributed by atoms with Crippen molar-refractivity contribution in [3.05, 3.63) is 34.7 Å². The predicted octanol–water partition coefficient (Wildman–Crippen LogP) is 2.57. The summed E-state index contributed by atoms with van der Waals surface area (Å²) in [4.78, 5) is 9.81. The van der Waals surface area contributed by atoms with Gasteiger partial charge in [-0.15, -0.1) is 11.3 Å². The topological polar surface area (TPSA) is 45.4 Å². The quantitative estimate of drug-likeness (QED) is 0.861. The van der Waals surface area contributed by atoms with Gasteiger partial charge in [0.15, 0.2) is 0 Å². The highest BCUT2D eigenvalue weighted by molar-refractivity contribution is 7.09. The molecule has 0 unspecified atom stereocenters. The molecule has 5 heteroatoms. The van der Waals surface area contributed by atoms with Crippen LogP contribution in [-0.4, -0.2) is 54.1 Å². The van der Waals surface area contributed by atoms with Crippen LogP contribution in [-0.2, 0) is 6.42 Å². The van der Waals surface area contributed by atoms with Gasteiger partial charge in [0.2, 0.25) is 0 Å². The van der Waals surface area contributed by atoms with Crippen LogP contribution >= 0.6 is 11.3 Å². The minimum Gasteiger partial charge on any atom is -0.398 e. The standard InChI is InChI=1S/C17H24N4S/c1-2-20-9-11-21(12-10-20)8-7-17-19-16(13-22-17)14-5-3-4-6-15(14)18/h3-6,13H,2,7-12,18H2,1H3. The van der Waals surface area contributed by atoms with Crippen molar-refractivity contribution in [2.75, 3.05) is 45.0 Å². The fourth-order valence-electron chi connectivity index (χ4n) is 2.86. The third-order valence-electron chi connectivity index (χ3n) is 4.34. The molecule has 2 aromatic rings.